The number of amides is 1. The predicted octanol–water partition coefficient (Wildman–Crippen LogP) is 3.47. The molecule has 3 aromatic rings. The molecule has 0 spiro atoms. The molecule has 7 nitrogen and oxygen atoms in total. The highest BCUT2D eigenvalue weighted by molar-refractivity contribution is 7.99. The first-order valence-corrected chi connectivity index (χ1v) is 8.64. The number of benzene rings is 1. The Kier molecular flexibility index (Phi) is 5.30. The minimum Gasteiger partial charge on any atom is -0.495 e. The molecule has 25 heavy (non-hydrogen) atoms. The average Bonchev–Trinajstić information content (AvgIpc) is 3.23. The second kappa shape index (κ2) is 7.62. The van der Waals surface area contributed by atoms with Gasteiger partial charge in [0.05, 0.1) is 24.8 Å². The van der Waals surface area contributed by atoms with Crippen molar-refractivity contribution in [2.75, 3.05) is 18.2 Å². The molecule has 0 saturated heterocycles. The molecule has 9 heteroatoms. The van der Waals surface area contributed by atoms with Gasteiger partial charge in [-0.05, 0) is 30.3 Å². The van der Waals surface area contributed by atoms with Gasteiger partial charge in [0.15, 0.2) is 16.7 Å². The first kappa shape index (κ1) is 17.4. The Morgan fingerprint density at radius 2 is 2.24 bits per heavy atom. The molecule has 1 aromatic carbocycles. The normalized spacial score (nSPS) is 10.7. The molecule has 1 amide bonds. The van der Waals surface area contributed by atoms with Crippen LogP contribution in [0, 0.1) is 0 Å². The fraction of sp³-hybridized carbons (Fsp3) is 0.188. The van der Waals surface area contributed by atoms with Crippen LogP contribution in [0.2, 0.25) is 5.02 Å². The van der Waals surface area contributed by atoms with E-state index in [1.54, 1.807) is 41.2 Å². The zero-order valence-electron chi connectivity index (χ0n) is 13.5. The van der Waals surface area contributed by atoms with E-state index in [1.807, 2.05) is 7.05 Å². The van der Waals surface area contributed by atoms with Crippen LogP contribution in [-0.2, 0) is 11.8 Å². The van der Waals surface area contributed by atoms with Gasteiger partial charge in [-0.25, -0.2) is 0 Å². The first-order valence-electron chi connectivity index (χ1n) is 7.28. The van der Waals surface area contributed by atoms with Crippen LogP contribution in [0.3, 0.4) is 0 Å². The fourth-order valence-corrected chi connectivity index (χ4v) is 3.04. The van der Waals surface area contributed by atoms with Gasteiger partial charge in [-0.1, -0.05) is 23.4 Å². The number of carbonyl (C=O) groups is 1. The summed E-state index contributed by atoms with van der Waals surface area (Å²) >= 11 is 7.23. The minimum absolute atomic E-state index is 0.166. The Morgan fingerprint density at radius 1 is 1.40 bits per heavy atom. The van der Waals surface area contributed by atoms with Gasteiger partial charge in [0, 0.05) is 12.1 Å². The monoisotopic (exact) mass is 378 g/mol. The number of nitrogens with zero attached hydrogens (tertiary/aromatic N) is 3. The molecular formula is C16H15ClN4O3S. The lowest BCUT2D eigenvalue weighted by Gasteiger charge is -2.10. The number of ether oxygens (including phenoxy) is 1. The summed E-state index contributed by atoms with van der Waals surface area (Å²) in [5.74, 6) is 1.73. The summed E-state index contributed by atoms with van der Waals surface area (Å²) in [6, 6.07) is 8.61. The van der Waals surface area contributed by atoms with Crippen molar-refractivity contribution in [1.82, 2.24) is 14.8 Å². The lowest BCUT2D eigenvalue weighted by molar-refractivity contribution is -0.113. The predicted molar refractivity (Wildman–Crippen MR) is 96.1 cm³/mol. The van der Waals surface area contributed by atoms with Crippen LogP contribution in [0.1, 0.15) is 0 Å². The quantitative estimate of drug-likeness (QED) is 0.661. The van der Waals surface area contributed by atoms with Crippen molar-refractivity contribution in [2.24, 2.45) is 7.05 Å². The van der Waals surface area contributed by atoms with Crippen LogP contribution in [0.5, 0.6) is 5.75 Å². The number of aromatic nitrogens is 3. The summed E-state index contributed by atoms with van der Waals surface area (Å²) < 4.78 is 12.3. The molecule has 130 valence electrons. The number of thioether (sulfide) groups is 1. The molecule has 3 rings (SSSR count). The summed E-state index contributed by atoms with van der Waals surface area (Å²) in [6.07, 6.45) is 1.57. The van der Waals surface area contributed by atoms with Gasteiger partial charge < -0.3 is 19.0 Å². The number of anilines is 1. The van der Waals surface area contributed by atoms with Crippen LogP contribution >= 0.6 is 23.4 Å². The maximum Gasteiger partial charge on any atom is 0.234 e. The standard InChI is InChI=1S/C16H15ClN4O3S/c1-21-15(13-4-3-7-24-13)19-20-16(21)25-9-14(22)18-11-8-10(17)5-6-12(11)23-2/h3-8H,9H2,1-2H3,(H,18,22). The SMILES string of the molecule is COc1ccc(Cl)cc1NC(=O)CSc1nnc(-c2ccco2)n1C. The van der Waals surface area contributed by atoms with Gasteiger partial charge in [-0.15, -0.1) is 10.2 Å². The second-order valence-corrected chi connectivity index (χ2v) is 6.40. The Labute approximate surface area is 153 Å². The largest absolute Gasteiger partial charge is 0.495 e. The summed E-state index contributed by atoms with van der Waals surface area (Å²) in [5.41, 5.74) is 0.523. The molecule has 0 saturated carbocycles. The lowest BCUT2D eigenvalue weighted by atomic mass is 10.3. The second-order valence-electron chi connectivity index (χ2n) is 5.02. The zero-order valence-corrected chi connectivity index (χ0v) is 15.1. The van der Waals surface area contributed by atoms with Crippen LogP contribution < -0.4 is 10.1 Å². The van der Waals surface area contributed by atoms with Gasteiger partial charge in [-0.2, -0.15) is 0 Å². The Bertz CT molecular complexity index is 880. The molecule has 0 fully saturated rings. The molecule has 0 bridgehead atoms. The Hall–Kier alpha value is -2.45. The van der Waals surface area contributed by atoms with E-state index >= 15 is 0 Å². The topological polar surface area (TPSA) is 82.2 Å². The summed E-state index contributed by atoms with van der Waals surface area (Å²) in [5, 5.41) is 12.1. The maximum atomic E-state index is 12.2. The van der Waals surface area contributed by atoms with E-state index in [9.17, 15) is 4.79 Å². The average molecular weight is 379 g/mol. The molecule has 0 aliphatic rings. The molecule has 0 unspecified atom stereocenters. The number of carbonyl (C=O) groups excluding carboxylic acids is 1. The third-order valence-corrected chi connectivity index (χ3v) is 4.60. The number of hydrogen-bond donors (Lipinski definition) is 1. The van der Waals surface area contributed by atoms with E-state index in [0.717, 1.165) is 0 Å². The number of hydrogen-bond acceptors (Lipinski definition) is 6. The molecule has 1 N–H and O–H groups in total. The van der Waals surface area contributed by atoms with Gasteiger partial charge in [0.25, 0.3) is 0 Å². The van der Waals surface area contributed by atoms with E-state index in [4.69, 9.17) is 20.8 Å². The minimum atomic E-state index is -0.201. The van der Waals surface area contributed by atoms with Crippen LogP contribution in [0.25, 0.3) is 11.6 Å². The van der Waals surface area contributed by atoms with E-state index in [0.29, 0.717) is 33.2 Å². The van der Waals surface area contributed by atoms with E-state index < -0.39 is 0 Å². The van der Waals surface area contributed by atoms with Crippen LogP contribution in [-0.4, -0.2) is 33.5 Å². The molecule has 0 aliphatic heterocycles. The van der Waals surface area contributed by atoms with E-state index in [-0.39, 0.29) is 11.7 Å². The van der Waals surface area contributed by atoms with E-state index in [2.05, 4.69) is 15.5 Å². The molecule has 0 radical (unpaired) electrons. The van der Waals surface area contributed by atoms with Gasteiger partial charge in [-0.3, -0.25) is 4.79 Å². The number of rotatable bonds is 6. The lowest BCUT2D eigenvalue weighted by Crippen LogP contribution is -2.15. The number of furan rings is 1. The van der Waals surface area contributed by atoms with Gasteiger partial charge >= 0.3 is 0 Å². The molecule has 2 aromatic heterocycles. The molecule has 0 aliphatic carbocycles. The van der Waals surface area contributed by atoms with Crippen molar-refractivity contribution in [3.8, 4) is 17.3 Å². The van der Waals surface area contributed by atoms with Crippen molar-refractivity contribution in [1.29, 1.82) is 0 Å². The van der Waals surface area contributed by atoms with Crippen molar-refractivity contribution in [3.63, 3.8) is 0 Å². The van der Waals surface area contributed by atoms with Gasteiger partial charge in [0.2, 0.25) is 5.91 Å². The third-order valence-electron chi connectivity index (χ3n) is 3.34. The summed E-state index contributed by atoms with van der Waals surface area (Å²) in [4.78, 5) is 12.2. The fourth-order valence-electron chi connectivity index (χ4n) is 2.16. The highest BCUT2D eigenvalue weighted by Crippen LogP contribution is 2.28. The smallest absolute Gasteiger partial charge is 0.234 e. The maximum absolute atomic E-state index is 12.2. The van der Waals surface area contributed by atoms with E-state index in [1.165, 1.54) is 18.9 Å². The van der Waals surface area contributed by atoms with Crippen LogP contribution in [0.4, 0.5) is 5.69 Å². The number of halogens is 1. The Balaban J connectivity index is 1.64. The van der Waals surface area contributed by atoms with Gasteiger partial charge in [0.1, 0.15) is 5.75 Å². The van der Waals surface area contributed by atoms with Crippen molar-refractivity contribution < 1.29 is 13.9 Å². The molecular weight excluding hydrogens is 364 g/mol. The highest BCUT2D eigenvalue weighted by atomic mass is 35.5. The summed E-state index contributed by atoms with van der Waals surface area (Å²) in [6.45, 7) is 0. The summed E-state index contributed by atoms with van der Waals surface area (Å²) in [7, 11) is 3.35. The van der Waals surface area contributed by atoms with Crippen LogP contribution in [0.15, 0.2) is 46.2 Å². The van der Waals surface area contributed by atoms with Crippen molar-refractivity contribution in [3.05, 3.63) is 41.6 Å². The van der Waals surface area contributed by atoms with Crippen molar-refractivity contribution >= 4 is 35.0 Å². The molecule has 2 heterocycles. The molecule has 0 atom stereocenters. The third kappa shape index (κ3) is 3.97. The Morgan fingerprint density at radius 3 is 2.96 bits per heavy atom. The number of nitrogens with one attached hydrogen (secondary N) is 1. The zero-order chi connectivity index (χ0) is 17.8. The highest BCUT2D eigenvalue weighted by Gasteiger charge is 2.15. The van der Waals surface area contributed by atoms with Crippen molar-refractivity contribution in [2.45, 2.75) is 5.16 Å². The first-order chi connectivity index (χ1) is 12.1. The number of methoxy groups -OCH3 is 1.